The molecule has 0 aliphatic heterocycles. The summed E-state index contributed by atoms with van der Waals surface area (Å²) in [7, 11) is 0. The molecule has 17 heavy (non-hydrogen) atoms. The van der Waals surface area contributed by atoms with Gasteiger partial charge in [-0.3, -0.25) is 0 Å². The number of phenolic OH excluding ortho intramolecular Hbond substituents is 1. The minimum Gasteiger partial charge on any atom is -0.508 e. The fourth-order valence-electron chi connectivity index (χ4n) is 1.42. The van der Waals surface area contributed by atoms with Gasteiger partial charge in [0.05, 0.1) is 0 Å². The second-order valence-corrected chi connectivity index (χ2v) is 3.57. The second-order valence-electron chi connectivity index (χ2n) is 3.57. The third kappa shape index (κ3) is 2.39. The van der Waals surface area contributed by atoms with Crippen LogP contribution in [0.5, 0.6) is 5.75 Å². The molecule has 0 saturated carbocycles. The van der Waals surface area contributed by atoms with Gasteiger partial charge in [0, 0.05) is 11.3 Å². The van der Waals surface area contributed by atoms with Crippen LogP contribution in [0.2, 0.25) is 0 Å². The second kappa shape index (κ2) is 4.21. The van der Waals surface area contributed by atoms with Crippen LogP contribution in [0.4, 0.5) is 0 Å². The van der Waals surface area contributed by atoms with Crippen LogP contribution < -0.4 is 0 Å². The highest BCUT2D eigenvalue weighted by molar-refractivity contribution is 5.86. The van der Waals surface area contributed by atoms with Gasteiger partial charge in [0.2, 0.25) is 0 Å². The third-order valence-corrected chi connectivity index (χ3v) is 2.20. The molecule has 5 heteroatoms. The van der Waals surface area contributed by atoms with Crippen molar-refractivity contribution < 1.29 is 15.0 Å². The van der Waals surface area contributed by atoms with E-state index in [-0.39, 0.29) is 11.4 Å². The molecular formula is C12H10N2O3. The zero-order valence-electron chi connectivity index (χ0n) is 9.08. The molecule has 0 aliphatic rings. The van der Waals surface area contributed by atoms with Crippen LogP contribution in [-0.4, -0.2) is 26.2 Å². The Labute approximate surface area is 97.4 Å². The number of nitrogens with zero attached hydrogens (tertiary/aromatic N) is 2. The van der Waals surface area contributed by atoms with Gasteiger partial charge >= 0.3 is 5.97 Å². The van der Waals surface area contributed by atoms with Crippen molar-refractivity contribution in [1.29, 1.82) is 0 Å². The molecule has 1 aromatic heterocycles. The molecule has 0 saturated heterocycles. The van der Waals surface area contributed by atoms with Crippen molar-refractivity contribution in [3.8, 4) is 17.1 Å². The number of aromatic carboxylic acids is 1. The van der Waals surface area contributed by atoms with Crippen molar-refractivity contribution >= 4 is 5.97 Å². The average molecular weight is 230 g/mol. The molecule has 0 aliphatic carbocycles. The molecule has 0 fully saturated rings. The van der Waals surface area contributed by atoms with Gasteiger partial charge in [0.25, 0.3) is 0 Å². The van der Waals surface area contributed by atoms with Crippen molar-refractivity contribution in [2.45, 2.75) is 6.92 Å². The number of benzene rings is 1. The highest BCUT2D eigenvalue weighted by Crippen LogP contribution is 2.19. The van der Waals surface area contributed by atoms with Gasteiger partial charge in [-0.25, -0.2) is 14.8 Å². The van der Waals surface area contributed by atoms with E-state index in [0.29, 0.717) is 17.1 Å². The Morgan fingerprint density at radius 2 is 1.82 bits per heavy atom. The highest BCUT2D eigenvalue weighted by atomic mass is 16.4. The first-order chi connectivity index (χ1) is 8.06. The third-order valence-electron chi connectivity index (χ3n) is 2.20. The molecule has 1 aromatic carbocycles. The minimum atomic E-state index is -1.09. The van der Waals surface area contributed by atoms with Gasteiger partial charge in [-0.1, -0.05) is 0 Å². The number of carbonyl (C=O) groups is 1. The highest BCUT2D eigenvalue weighted by Gasteiger charge is 2.09. The molecule has 0 atom stereocenters. The molecule has 5 nitrogen and oxygen atoms in total. The molecule has 1 heterocycles. The Morgan fingerprint density at radius 3 is 2.41 bits per heavy atom. The fourth-order valence-corrected chi connectivity index (χ4v) is 1.42. The molecule has 0 radical (unpaired) electrons. The summed E-state index contributed by atoms with van der Waals surface area (Å²) in [5, 5.41) is 18.1. The summed E-state index contributed by atoms with van der Waals surface area (Å²) >= 11 is 0. The number of aryl methyl sites for hydroxylation is 1. The quantitative estimate of drug-likeness (QED) is 0.822. The number of carboxylic acids is 1. The van der Waals surface area contributed by atoms with Crippen molar-refractivity contribution in [1.82, 2.24) is 9.97 Å². The van der Waals surface area contributed by atoms with Crippen molar-refractivity contribution in [3.05, 3.63) is 41.7 Å². The van der Waals surface area contributed by atoms with Crippen molar-refractivity contribution in [2.24, 2.45) is 0 Å². The predicted molar refractivity (Wildman–Crippen MR) is 60.8 cm³/mol. The lowest BCUT2D eigenvalue weighted by molar-refractivity contribution is 0.0690. The number of phenols is 1. The van der Waals surface area contributed by atoms with Gasteiger partial charge in [-0.2, -0.15) is 0 Å². The Balaban J connectivity index is 2.51. The van der Waals surface area contributed by atoms with Crippen LogP contribution in [0.1, 0.15) is 16.2 Å². The van der Waals surface area contributed by atoms with E-state index in [2.05, 4.69) is 9.97 Å². The topological polar surface area (TPSA) is 83.3 Å². The summed E-state index contributed by atoms with van der Waals surface area (Å²) in [5.41, 5.74) is 1.20. The normalized spacial score (nSPS) is 10.2. The van der Waals surface area contributed by atoms with Crippen LogP contribution in [0.3, 0.4) is 0 Å². The SMILES string of the molecule is Cc1cc(C(=O)O)nc(-c2ccc(O)cc2)n1. The standard InChI is InChI=1S/C12H10N2O3/c1-7-6-10(12(16)17)14-11(13-7)8-2-4-9(15)5-3-8/h2-6,15H,1H3,(H,16,17). The summed E-state index contributed by atoms with van der Waals surface area (Å²) in [5.74, 6) is -0.613. The zero-order chi connectivity index (χ0) is 12.4. The Bertz CT molecular complexity index is 564. The monoisotopic (exact) mass is 230 g/mol. The first-order valence-electron chi connectivity index (χ1n) is 4.94. The average Bonchev–Trinajstić information content (AvgIpc) is 2.29. The lowest BCUT2D eigenvalue weighted by Crippen LogP contribution is -2.04. The summed E-state index contributed by atoms with van der Waals surface area (Å²) in [6, 6.07) is 7.68. The molecule has 86 valence electrons. The van der Waals surface area contributed by atoms with Gasteiger partial charge in [0.15, 0.2) is 11.5 Å². The number of aromatic hydroxyl groups is 1. The van der Waals surface area contributed by atoms with E-state index < -0.39 is 5.97 Å². The summed E-state index contributed by atoms with van der Waals surface area (Å²) in [4.78, 5) is 19.0. The van der Waals surface area contributed by atoms with Crippen LogP contribution in [0.25, 0.3) is 11.4 Å². The Hall–Kier alpha value is -2.43. The summed E-state index contributed by atoms with van der Waals surface area (Å²) < 4.78 is 0. The van der Waals surface area contributed by atoms with E-state index in [1.54, 1.807) is 19.1 Å². The molecule has 0 bridgehead atoms. The zero-order valence-corrected chi connectivity index (χ0v) is 9.08. The molecule has 0 spiro atoms. The smallest absolute Gasteiger partial charge is 0.354 e. The maximum atomic E-state index is 10.9. The van der Waals surface area contributed by atoms with E-state index in [1.165, 1.54) is 18.2 Å². The Kier molecular flexibility index (Phi) is 2.74. The Morgan fingerprint density at radius 1 is 1.18 bits per heavy atom. The van der Waals surface area contributed by atoms with E-state index >= 15 is 0 Å². The molecule has 0 unspecified atom stereocenters. The van der Waals surface area contributed by atoms with Gasteiger partial charge in [-0.15, -0.1) is 0 Å². The first kappa shape index (κ1) is 11.1. The molecule has 2 aromatic rings. The molecule has 0 amide bonds. The summed E-state index contributed by atoms with van der Waals surface area (Å²) in [6.45, 7) is 1.71. The summed E-state index contributed by atoms with van der Waals surface area (Å²) in [6.07, 6.45) is 0. The predicted octanol–water partition coefficient (Wildman–Crippen LogP) is 1.86. The van der Waals surface area contributed by atoms with Crippen LogP contribution >= 0.6 is 0 Å². The van der Waals surface area contributed by atoms with Crippen LogP contribution in [0, 0.1) is 6.92 Å². The lowest BCUT2D eigenvalue weighted by atomic mass is 10.2. The number of rotatable bonds is 2. The van der Waals surface area contributed by atoms with Crippen LogP contribution in [-0.2, 0) is 0 Å². The molecule has 2 rings (SSSR count). The van der Waals surface area contributed by atoms with Crippen LogP contribution in [0.15, 0.2) is 30.3 Å². The maximum absolute atomic E-state index is 10.9. The minimum absolute atomic E-state index is 0.0411. The number of hydrogen-bond acceptors (Lipinski definition) is 4. The molecule has 2 N–H and O–H groups in total. The van der Waals surface area contributed by atoms with E-state index in [9.17, 15) is 4.79 Å². The lowest BCUT2D eigenvalue weighted by Gasteiger charge is -2.03. The largest absolute Gasteiger partial charge is 0.508 e. The first-order valence-corrected chi connectivity index (χ1v) is 4.94. The number of aromatic nitrogens is 2. The van der Waals surface area contributed by atoms with E-state index in [4.69, 9.17) is 10.2 Å². The van der Waals surface area contributed by atoms with Gasteiger partial charge < -0.3 is 10.2 Å². The van der Waals surface area contributed by atoms with E-state index in [0.717, 1.165) is 0 Å². The molecular weight excluding hydrogens is 220 g/mol. The van der Waals surface area contributed by atoms with Gasteiger partial charge in [0.1, 0.15) is 5.75 Å². The van der Waals surface area contributed by atoms with E-state index in [1.807, 2.05) is 0 Å². The van der Waals surface area contributed by atoms with Gasteiger partial charge in [-0.05, 0) is 37.3 Å². The van der Waals surface area contributed by atoms with Crippen molar-refractivity contribution in [2.75, 3.05) is 0 Å². The number of carboxylic acid groups (broad SMARTS) is 1. The van der Waals surface area contributed by atoms with Crippen molar-refractivity contribution in [3.63, 3.8) is 0 Å². The fraction of sp³-hybridized carbons (Fsp3) is 0.0833. The number of hydrogen-bond donors (Lipinski definition) is 2. The maximum Gasteiger partial charge on any atom is 0.354 e.